The van der Waals surface area contributed by atoms with E-state index in [-0.39, 0.29) is 0 Å². The molecule has 4 heteroatoms. The maximum atomic E-state index is 2.62. The Kier molecular flexibility index (Phi) is 9.86. The molecule has 3 aliphatic rings. The van der Waals surface area contributed by atoms with Gasteiger partial charge in [-0.3, -0.25) is 0 Å². The van der Waals surface area contributed by atoms with Gasteiger partial charge in [0.2, 0.25) is 0 Å². The number of benzene rings is 11. The fraction of sp³-hybridized carbons (Fsp3) is 0.0149. The zero-order valence-corrected chi connectivity index (χ0v) is 41.5. The van der Waals surface area contributed by atoms with Crippen LogP contribution in [0.1, 0.15) is 22.3 Å². The molecule has 0 aromatic heterocycles. The lowest BCUT2D eigenvalue weighted by atomic mass is 9.67. The Bertz CT molecular complexity index is 3680. The van der Waals surface area contributed by atoms with Gasteiger partial charge in [-0.25, -0.2) is 0 Å². The van der Waals surface area contributed by atoms with Crippen LogP contribution in [0.25, 0.3) is 11.1 Å². The predicted octanol–water partition coefficient (Wildman–Crippen LogP) is 15.0. The van der Waals surface area contributed by atoms with Gasteiger partial charge in [0.25, 0.3) is 0 Å². The molecular weight excluding hydrogens is 911 g/mol. The van der Waals surface area contributed by atoms with Gasteiger partial charge in [0, 0.05) is 46.4 Å². The van der Waals surface area contributed by atoms with Crippen molar-refractivity contribution in [2.24, 2.45) is 0 Å². The third-order valence-corrected chi connectivity index (χ3v) is 26.1. The van der Waals surface area contributed by atoms with Gasteiger partial charge in [0.1, 0.15) is 0 Å². The van der Waals surface area contributed by atoms with Crippen molar-refractivity contribution in [2.75, 3.05) is 4.90 Å². The van der Waals surface area contributed by atoms with Gasteiger partial charge in [-0.05, 0) is 133 Å². The van der Waals surface area contributed by atoms with Crippen LogP contribution < -0.4 is 25.6 Å². The third-order valence-electron chi connectivity index (χ3n) is 15.3. The van der Waals surface area contributed by atoms with Crippen molar-refractivity contribution in [3.63, 3.8) is 0 Å². The highest BCUT2D eigenvalue weighted by molar-refractivity contribution is 8.34. The summed E-state index contributed by atoms with van der Waals surface area (Å²) in [6.07, 6.45) is 0. The van der Waals surface area contributed by atoms with E-state index in [1.165, 1.54) is 83.5 Å². The lowest BCUT2D eigenvalue weighted by molar-refractivity contribution is 0.768. The first kappa shape index (κ1) is 42.1. The highest BCUT2D eigenvalue weighted by Gasteiger charge is 2.56. The fourth-order valence-electron chi connectivity index (χ4n) is 12.6. The molecule has 2 aliphatic heterocycles. The maximum Gasteiger partial charge on any atom is 0.184 e. The van der Waals surface area contributed by atoms with E-state index in [0.717, 1.165) is 17.1 Å². The van der Waals surface area contributed by atoms with E-state index in [1.807, 2.05) is 11.8 Å². The zero-order chi connectivity index (χ0) is 47.0. The molecule has 1 aliphatic carbocycles. The van der Waals surface area contributed by atoms with Crippen molar-refractivity contribution < 1.29 is 0 Å². The number of rotatable bonds is 7. The van der Waals surface area contributed by atoms with Gasteiger partial charge < -0.3 is 4.90 Å². The Balaban J connectivity index is 1.10. The molecule has 1 nitrogen and oxygen atoms in total. The quantitative estimate of drug-likeness (QED) is 0.146. The maximum absolute atomic E-state index is 2.99. The van der Waals surface area contributed by atoms with Gasteiger partial charge in [-0.15, -0.1) is 10.0 Å². The summed E-state index contributed by atoms with van der Waals surface area (Å²) in [4.78, 5) is 10.8. The molecule has 0 unspecified atom stereocenters. The average molecular weight is 958 g/mol. The Labute approximate surface area is 423 Å². The van der Waals surface area contributed by atoms with Crippen LogP contribution in [-0.4, -0.2) is 8.07 Å². The topological polar surface area (TPSA) is 3.24 Å². The van der Waals surface area contributed by atoms with Crippen LogP contribution in [0.5, 0.6) is 0 Å². The Morgan fingerprint density at radius 2 is 0.775 bits per heavy atom. The van der Waals surface area contributed by atoms with Crippen molar-refractivity contribution >= 4 is 67.7 Å². The first-order chi connectivity index (χ1) is 35.2. The fourth-order valence-corrected chi connectivity index (χ4v) is 25.5. The van der Waals surface area contributed by atoms with Crippen LogP contribution in [0.15, 0.2) is 314 Å². The third kappa shape index (κ3) is 5.96. The summed E-state index contributed by atoms with van der Waals surface area (Å²) in [7, 11) is -5.10. The molecule has 0 bridgehead atoms. The number of nitrogens with zero attached hydrogens (tertiary/aromatic N) is 1. The molecule has 0 saturated heterocycles. The molecule has 0 saturated carbocycles. The number of para-hydroxylation sites is 1. The summed E-state index contributed by atoms with van der Waals surface area (Å²) in [6, 6.07) is 108. The minimum atomic E-state index is -2.99. The first-order valence-electron chi connectivity index (χ1n) is 24.5. The van der Waals surface area contributed by atoms with Crippen molar-refractivity contribution in [2.45, 2.75) is 34.8 Å². The highest BCUT2D eigenvalue weighted by Crippen LogP contribution is 2.74. The van der Waals surface area contributed by atoms with Gasteiger partial charge in [-0.2, -0.15) is 0 Å². The summed E-state index contributed by atoms with van der Waals surface area (Å²) in [5.74, 6) is 0. The second kappa shape index (κ2) is 16.6. The standard InChI is InChI=1S/C67H47NS2Si/c1-6-24-48(25-7-1)67(49-26-8-2-9-27-49)57-35-17-16-34-55(57)56-44-42-51(46-58(56)67)68(50-28-10-3-11-29-50)52-43-45-66-62(47-52)70(53-30-12-4-13-31-53,54-32-14-5-15-33-54)61-38-20-23-41-65(61)71(66)63-39-21-18-36-59(63)69-60-37-19-22-40-64(60)71/h1-47H. The van der Waals surface area contributed by atoms with E-state index >= 15 is 0 Å². The number of anilines is 3. The molecule has 71 heavy (non-hydrogen) atoms. The largest absolute Gasteiger partial charge is 0.310 e. The van der Waals surface area contributed by atoms with Gasteiger partial charge in [0.05, 0.1) is 5.41 Å². The summed E-state index contributed by atoms with van der Waals surface area (Å²) in [5, 5.41) is 5.89. The first-order valence-corrected chi connectivity index (χ1v) is 28.9. The normalized spacial score (nSPS) is 15.2. The van der Waals surface area contributed by atoms with Crippen LogP contribution in [0.2, 0.25) is 0 Å². The van der Waals surface area contributed by atoms with Crippen LogP contribution in [0, 0.1) is 0 Å². The van der Waals surface area contributed by atoms with Gasteiger partial charge in [-0.1, -0.05) is 218 Å². The molecule has 336 valence electrons. The van der Waals surface area contributed by atoms with Crippen LogP contribution >= 0.6 is 21.8 Å². The smallest absolute Gasteiger partial charge is 0.184 e. The molecule has 1 spiro atoms. The lowest BCUT2D eigenvalue weighted by Gasteiger charge is -2.54. The summed E-state index contributed by atoms with van der Waals surface area (Å²) < 4.78 is 0. The monoisotopic (exact) mass is 957 g/mol. The van der Waals surface area contributed by atoms with Gasteiger partial charge in [0.15, 0.2) is 8.07 Å². The average Bonchev–Trinajstić information content (AvgIpc) is 3.75. The molecule has 2 heterocycles. The van der Waals surface area contributed by atoms with E-state index < -0.39 is 23.5 Å². The van der Waals surface area contributed by atoms with Crippen molar-refractivity contribution in [1.29, 1.82) is 0 Å². The van der Waals surface area contributed by atoms with Crippen LogP contribution in [0.3, 0.4) is 0 Å². The van der Waals surface area contributed by atoms with E-state index in [2.05, 4.69) is 290 Å². The minimum absolute atomic E-state index is 0.538. The second-order valence-electron chi connectivity index (χ2n) is 18.7. The van der Waals surface area contributed by atoms with Crippen molar-refractivity contribution in [3.8, 4) is 11.1 Å². The Morgan fingerprint density at radius 1 is 0.324 bits per heavy atom. The number of fused-ring (bicyclic) bond motifs is 11. The SMILES string of the molecule is c1ccc(N(c2ccc3c(c2)C(c2ccccc2)(c2ccccc2)c2ccccc2-3)c2ccc3c(c2)S(c2ccccc2)(c2ccccc2)c2ccccc2[Si]32c3ccccc3Sc3ccccc32)cc1. The Hall–Kier alpha value is -7.86. The molecule has 11 aromatic carbocycles. The molecule has 0 N–H and O–H groups in total. The highest BCUT2D eigenvalue weighted by atomic mass is 32.3. The molecular formula is C67H47NS2Si. The summed E-state index contributed by atoms with van der Waals surface area (Å²) in [5.41, 5.74) is 10.5. The van der Waals surface area contributed by atoms with Crippen LogP contribution in [-0.2, 0) is 5.41 Å². The molecule has 0 fully saturated rings. The van der Waals surface area contributed by atoms with E-state index in [1.54, 1.807) is 0 Å². The predicted molar refractivity (Wildman–Crippen MR) is 300 cm³/mol. The van der Waals surface area contributed by atoms with E-state index in [0.29, 0.717) is 0 Å². The van der Waals surface area contributed by atoms with Crippen LogP contribution in [0.4, 0.5) is 17.1 Å². The number of hydrogen-bond acceptors (Lipinski definition) is 2. The van der Waals surface area contributed by atoms with Crippen molar-refractivity contribution in [3.05, 3.63) is 307 Å². The number of hydrogen-bond donors (Lipinski definition) is 0. The second-order valence-corrected chi connectivity index (χ2v) is 26.5. The molecule has 11 aromatic rings. The van der Waals surface area contributed by atoms with Crippen molar-refractivity contribution in [1.82, 2.24) is 0 Å². The summed E-state index contributed by atoms with van der Waals surface area (Å²) in [6.45, 7) is 0. The van der Waals surface area contributed by atoms with E-state index in [9.17, 15) is 0 Å². The minimum Gasteiger partial charge on any atom is -0.310 e. The molecule has 0 radical (unpaired) electrons. The molecule has 14 rings (SSSR count). The zero-order valence-electron chi connectivity index (χ0n) is 38.9. The molecule has 0 amide bonds. The molecule has 0 atom stereocenters. The van der Waals surface area contributed by atoms with E-state index in [4.69, 9.17) is 0 Å². The van der Waals surface area contributed by atoms with Gasteiger partial charge >= 0.3 is 0 Å². The lowest BCUT2D eigenvalue weighted by Crippen LogP contribution is -2.78. The summed E-state index contributed by atoms with van der Waals surface area (Å²) >= 11 is 1.93. The Morgan fingerprint density at radius 3 is 1.39 bits per heavy atom.